The van der Waals surface area contributed by atoms with Crippen LogP contribution in [-0.4, -0.2) is 48.9 Å². The molecular weight excluding hydrogens is 338 g/mol. The molecule has 2 N–H and O–H groups in total. The number of piperidine rings is 1. The summed E-state index contributed by atoms with van der Waals surface area (Å²) >= 11 is 0. The third-order valence-electron chi connectivity index (χ3n) is 4.67. The number of nitrogens with zero attached hydrogens (tertiary/aromatic N) is 1. The number of likely N-dealkylation sites (N-methyl/N-ethyl adjacent to an activating group) is 1. The molecule has 1 aliphatic heterocycles. The van der Waals surface area contributed by atoms with E-state index >= 15 is 0 Å². The number of hydrogen-bond donors (Lipinski definition) is 2. The molecule has 0 radical (unpaired) electrons. The number of nitrogens with one attached hydrogen (secondary N) is 2. The monoisotopic (exact) mass is 367 g/mol. The summed E-state index contributed by atoms with van der Waals surface area (Å²) in [6, 6.07) is 7.25. The largest absolute Gasteiger partial charge is 0.340 e. The molecule has 0 saturated carbocycles. The molecule has 0 spiro atoms. The van der Waals surface area contributed by atoms with E-state index in [0.29, 0.717) is 18.2 Å². The lowest BCUT2D eigenvalue weighted by Gasteiger charge is -2.36. The molecule has 6 heteroatoms. The molecule has 2 rings (SSSR count). The van der Waals surface area contributed by atoms with Crippen LogP contribution in [-0.2, 0) is 4.79 Å². The Morgan fingerprint density at radius 2 is 1.84 bits per heavy atom. The summed E-state index contributed by atoms with van der Waals surface area (Å²) in [6.45, 7) is 7.39. The van der Waals surface area contributed by atoms with Gasteiger partial charge in [0.05, 0.1) is 0 Å². The predicted molar refractivity (Wildman–Crippen MR) is 103 cm³/mol. The molecule has 0 aromatic heterocycles. The van der Waals surface area contributed by atoms with Crippen LogP contribution in [0.25, 0.3) is 0 Å². The lowest BCUT2D eigenvalue weighted by molar-refractivity contribution is -0.135. The molecule has 5 nitrogen and oxygen atoms in total. The molecule has 0 bridgehead atoms. The Hall–Kier alpha value is -1.59. The second kappa shape index (κ2) is 9.78. The van der Waals surface area contributed by atoms with Gasteiger partial charge in [-0.1, -0.05) is 31.5 Å². The molecule has 0 aliphatic carbocycles. The van der Waals surface area contributed by atoms with Crippen LogP contribution < -0.4 is 10.6 Å². The van der Waals surface area contributed by atoms with Crippen molar-refractivity contribution in [2.24, 2.45) is 5.92 Å². The summed E-state index contributed by atoms with van der Waals surface area (Å²) in [7, 11) is 1.93. The number of carbonyl (C=O) groups is 2. The van der Waals surface area contributed by atoms with Crippen molar-refractivity contribution in [3.63, 3.8) is 0 Å². The zero-order valence-corrected chi connectivity index (χ0v) is 16.4. The number of amides is 2. The smallest absolute Gasteiger partial charge is 0.251 e. The average molecular weight is 368 g/mol. The van der Waals surface area contributed by atoms with Crippen molar-refractivity contribution in [3.05, 3.63) is 35.4 Å². The first-order valence-electron chi connectivity index (χ1n) is 8.76. The molecule has 1 aromatic rings. The van der Waals surface area contributed by atoms with E-state index in [-0.39, 0.29) is 30.1 Å². The van der Waals surface area contributed by atoms with Crippen LogP contribution in [0.4, 0.5) is 0 Å². The Kier molecular flexibility index (Phi) is 8.39. The van der Waals surface area contributed by atoms with Crippen molar-refractivity contribution in [1.29, 1.82) is 0 Å². The summed E-state index contributed by atoms with van der Waals surface area (Å²) < 4.78 is 0. The van der Waals surface area contributed by atoms with Gasteiger partial charge in [-0.05, 0) is 44.9 Å². The minimum Gasteiger partial charge on any atom is -0.340 e. The normalized spacial score (nSPS) is 18.4. The second-order valence-corrected chi connectivity index (χ2v) is 6.97. The van der Waals surface area contributed by atoms with Gasteiger partial charge in [0.25, 0.3) is 5.91 Å². The molecule has 1 saturated heterocycles. The Bertz CT molecular complexity index is 575. The fourth-order valence-electron chi connectivity index (χ4n) is 3.05. The number of aryl methyl sites for hydroxylation is 1. The van der Waals surface area contributed by atoms with Crippen molar-refractivity contribution in [3.8, 4) is 0 Å². The first-order chi connectivity index (χ1) is 11.4. The van der Waals surface area contributed by atoms with Crippen molar-refractivity contribution in [2.75, 3.05) is 20.1 Å². The van der Waals surface area contributed by atoms with E-state index in [9.17, 15) is 9.59 Å². The van der Waals surface area contributed by atoms with Gasteiger partial charge in [-0.2, -0.15) is 0 Å². The Labute approximate surface area is 157 Å². The number of hydrogen-bond acceptors (Lipinski definition) is 3. The minimum atomic E-state index is -0.491. The van der Waals surface area contributed by atoms with E-state index in [4.69, 9.17) is 0 Å². The number of carbonyl (C=O) groups excluding carboxylic acids is 2. The standard InChI is InChI=1S/C19H29N3O2.ClH/c1-13(2)17(19(24)22-11-5-6-16(12-22)20-4)21-18(23)15-9-7-14(3)8-10-15;/h7-10,13,16-17,20H,5-6,11-12H2,1-4H3,(H,21,23);1H. The third kappa shape index (κ3) is 5.72. The van der Waals surface area contributed by atoms with E-state index in [1.54, 1.807) is 12.1 Å². The number of halogens is 1. The van der Waals surface area contributed by atoms with E-state index in [1.165, 1.54) is 0 Å². The highest BCUT2D eigenvalue weighted by Crippen LogP contribution is 2.15. The summed E-state index contributed by atoms with van der Waals surface area (Å²) in [5.41, 5.74) is 1.69. The number of likely N-dealkylation sites (tertiary alicyclic amines) is 1. The Balaban J connectivity index is 0.00000312. The number of benzene rings is 1. The lowest BCUT2D eigenvalue weighted by Crippen LogP contribution is -2.55. The minimum absolute atomic E-state index is 0. The van der Waals surface area contributed by atoms with E-state index < -0.39 is 6.04 Å². The van der Waals surface area contributed by atoms with Crippen molar-refractivity contribution in [1.82, 2.24) is 15.5 Å². The van der Waals surface area contributed by atoms with Crippen molar-refractivity contribution in [2.45, 2.75) is 45.7 Å². The molecular formula is C19H30ClN3O2. The van der Waals surface area contributed by atoms with Gasteiger partial charge in [-0.25, -0.2) is 0 Å². The molecule has 1 heterocycles. The van der Waals surface area contributed by atoms with Crippen LogP contribution in [0.1, 0.15) is 42.6 Å². The predicted octanol–water partition coefficient (Wildman–Crippen LogP) is 2.38. The Morgan fingerprint density at radius 3 is 2.40 bits per heavy atom. The fraction of sp³-hybridized carbons (Fsp3) is 0.579. The topological polar surface area (TPSA) is 61.4 Å². The van der Waals surface area contributed by atoms with Crippen molar-refractivity contribution < 1.29 is 9.59 Å². The van der Waals surface area contributed by atoms with Crippen LogP contribution in [0, 0.1) is 12.8 Å². The first-order valence-corrected chi connectivity index (χ1v) is 8.76. The van der Waals surface area contributed by atoms with Gasteiger partial charge in [-0.3, -0.25) is 9.59 Å². The van der Waals surface area contributed by atoms with Gasteiger partial charge in [-0.15, -0.1) is 12.4 Å². The molecule has 1 aromatic carbocycles. The van der Waals surface area contributed by atoms with Crippen LogP contribution in [0.5, 0.6) is 0 Å². The highest BCUT2D eigenvalue weighted by atomic mass is 35.5. The summed E-state index contributed by atoms with van der Waals surface area (Å²) in [5, 5.41) is 6.18. The zero-order valence-electron chi connectivity index (χ0n) is 15.5. The maximum Gasteiger partial charge on any atom is 0.251 e. The highest BCUT2D eigenvalue weighted by Gasteiger charge is 2.31. The maximum atomic E-state index is 12.9. The highest BCUT2D eigenvalue weighted by molar-refractivity contribution is 5.97. The van der Waals surface area contributed by atoms with Gasteiger partial charge in [0.1, 0.15) is 6.04 Å². The molecule has 1 aliphatic rings. The fourth-order valence-corrected chi connectivity index (χ4v) is 3.05. The van der Waals surface area contributed by atoms with Gasteiger partial charge in [0, 0.05) is 24.7 Å². The third-order valence-corrected chi connectivity index (χ3v) is 4.67. The van der Waals surface area contributed by atoms with Crippen LogP contribution in [0.15, 0.2) is 24.3 Å². The lowest BCUT2D eigenvalue weighted by atomic mass is 9.99. The number of rotatable bonds is 5. The van der Waals surface area contributed by atoms with E-state index in [2.05, 4.69) is 10.6 Å². The summed E-state index contributed by atoms with van der Waals surface area (Å²) in [5.74, 6) is -0.128. The van der Waals surface area contributed by atoms with Gasteiger partial charge in [0.2, 0.25) is 5.91 Å². The summed E-state index contributed by atoms with van der Waals surface area (Å²) in [6.07, 6.45) is 2.08. The zero-order chi connectivity index (χ0) is 17.7. The van der Waals surface area contributed by atoms with Gasteiger partial charge in [0.15, 0.2) is 0 Å². The first kappa shape index (κ1) is 21.5. The molecule has 140 valence electrons. The maximum absolute atomic E-state index is 12.9. The molecule has 2 amide bonds. The molecule has 2 unspecified atom stereocenters. The second-order valence-electron chi connectivity index (χ2n) is 6.97. The van der Waals surface area contributed by atoms with E-state index in [0.717, 1.165) is 24.9 Å². The van der Waals surface area contributed by atoms with Crippen molar-refractivity contribution >= 4 is 24.2 Å². The molecule has 1 fully saturated rings. The summed E-state index contributed by atoms with van der Waals surface area (Å²) in [4.78, 5) is 27.3. The molecule has 2 atom stereocenters. The van der Waals surface area contributed by atoms with Gasteiger partial charge < -0.3 is 15.5 Å². The molecule has 25 heavy (non-hydrogen) atoms. The van der Waals surface area contributed by atoms with Crippen LogP contribution in [0.2, 0.25) is 0 Å². The van der Waals surface area contributed by atoms with Crippen LogP contribution in [0.3, 0.4) is 0 Å². The van der Waals surface area contributed by atoms with Gasteiger partial charge >= 0.3 is 0 Å². The SMILES string of the molecule is CNC1CCCN(C(=O)C(NC(=O)c2ccc(C)cc2)C(C)C)C1.Cl. The Morgan fingerprint density at radius 1 is 1.20 bits per heavy atom. The average Bonchev–Trinajstić information content (AvgIpc) is 2.59. The quantitative estimate of drug-likeness (QED) is 0.840. The van der Waals surface area contributed by atoms with E-state index in [1.807, 2.05) is 44.9 Å². The van der Waals surface area contributed by atoms with Crippen LogP contribution >= 0.6 is 12.4 Å².